The number of hydrogen-bond acceptors (Lipinski definition) is 4. The molecule has 1 atom stereocenters. The van der Waals surface area contributed by atoms with Gasteiger partial charge in [0.25, 0.3) is 11.5 Å². The van der Waals surface area contributed by atoms with Crippen LogP contribution >= 0.6 is 11.8 Å². The van der Waals surface area contributed by atoms with Gasteiger partial charge in [0, 0.05) is 11.8 Å². The average molecular weight is 331 g/mol. The molecule has 2 N–H and O–H groups in total. The second-order valence-electron chi connectivity index (χ2n) is 5.36. The number of amides is 1. The molecule has 5 nitrogen and oxygen atoms in total. The van der Waals surface area contributed by atoms with Gasteiger partial charge in [0.15, 0.2) is 0 Å². The molecule has 1 unspecified atom stereocenters. The number of nitrogens with zero attached hydrogens (tertiary/aromatic N) is 1. The number of nitrogens with one attached hydrogen (secondary N) is 2. The third-order valence-electron chi connectivity index (χ3n) is 3.66. The molecule has 0 fully saturated rings. The molecule has 2 aromatic rings. The van der Waals surface area contributed by atoms with Crippen molar-refractivity contribution in [3.63, 3.8) is 0 Å². The van der Waals surface area contributed by atoms with Gasteiger partial charge in [-0.05, 0) is 30.2 Å². The van der Waals surface area contributed by atoms with Crippen LogP contribution in [0.4, 0.5) is 5.69 Å². The van der Waals surface area contributed by atoms with E-state index in [-0.39, 0.29) is 17.2 Å². The topological polar surface area (TPSA) is 74.8 Å². The van der Waals surface area contributed by atoms with E-state index in [9.17, 15) is 9.59 Å². The van der Waals surface area contributed by atoms with Crippen molar-refractivity contribution < 1.29 is 4.79 Å². The van der Waals surface area contributed by atoms with E-state index < -0.39 is 0 Å². The largest absolute Gasteiger partial charge is 0.320 e. The number of benzene rings is 1. The molecule has 0 bridgehead atoms. The monoisotopic (exact) mass is 331 g/mol. The molecule has 2 rings (SSSR count). The molecular formula is C17H21N3O2S. The van der Waals surface area contributed by atoms with Crippen molar-refractivity contribution in [3.8, 4) is 0 Å². The highest BCUT2D eigenvalue weighted by Crippen LogP contribution is 2.26. The molecule has 1 aromatic heterocycles. The zero-order valence-electron chi connectivity index (χ0n) is 13.6. The number of rotatable bonds is 6. The number of para-hydroxylation sites is 1. The maximum Gasteiger partial charge on any atom is 0.274 e. The number of anilines is 1. The van der Waals surface area contributed by atoms with Crippen LogP contribution in [0.3, 0.4) is 0 Å². The van der Waals surface area contributed by atoms with Crippen molar-refractivity contribution >= 4 is 23.4 Å². The molecule has 6 heteroatoms. The van der Waals surface area contributed by atoms with E-state index in [2.05, 4.69) is 29.1 Å². The first-order valence-corrected chi connectivity index (χ1v) is 8.94. The van der Waals surface area contributed by atoms with E-state index in [0.717, 1.165) is 17.7 Å². The number of aromatic nitrogens is 2. The van der Waals surface area contributed by atoms with Crippen LogP contribution in [-0.2, 0) is 5.75 Å². The number of thioether (sulfide) groups is 1. The summed E-state index contributed by atoms with van der Waals surface area (Å²) in [6.45, 7) is 4.23. The number of aromatic amines is 1. The molecule has 0 saturated heterocycles. The summed E-state index contributed by atoms with van der Waals surface area (Å²) in [5.74, 6) is 1.03. The first kappa shape index (κ1) is 17.3. The second kappa shape index (κ2) is 7.97. The van der Waals surface area contributed by atoms with Crippen LogP contribution in [0.1, 0.15) is 48.1 Å². The lowest BCUT2D eigenvalue weighted by Crippen LogP contribution is -2.20. The maximum atomic E-state index is 12.5. The Labute approximate surface area is 139 Å². The summed E-state index contributed by atoms with van der Waals surface area (Å²) in [6, 6.07) is 8.94. The van der Waals surface area contributed by atoms with Gasteiger partial charge >= 0.3 is 0 Å². The summed E-state index contributed by atoms with van der Waals surface area (Å²) in [6.07, 6.45) is 2.89. The van der Waals surface area contributed by atoms with Crippen molar-refractivity contribution in [2.24, 2.45) is 0 Å². The van der Waals surface area contributed by atoms with Crippen molar-refractivity contribution in [2.75, 3.05) is 11.6 Å². The van der Waals surface area contributed by atoms with Crippen LogP contribution < -0.4 is 10.9 Å². The van der Waals surface area contributed by atoms with Crippen LogP contribution in [0.5, 0.6) is 0 Å². The molecule has 1 amide bonds. The third kappa shape index (κ3) is 4.45. The van der Waals surface area contributed by atoms with Gasteiger partial charge < -0.3 is 10.3 Å². The van der Waals surface area contributed by atoms with E-state index >= 15 is 0 Å². The molecule has 1 aromatic carbocycles. The lowest BCUT2D eigenvalue weighted by Gasteiger charge is -2.15. The van der Waals surface area contributed by atoms with Gasteiger partial charge in [-0.15, -0.1) is 0 Å². The minimum absolute atomic E-state index is 0.136. The summed E-state index contributed by atoms with van der Waals surface area (Å²) in [5.41, 5.74) is 1.67. The van der Waals surface area contributed by atoms with Gasteiger partial charge in [-0.1, -0.05) is 32.0 Å². The van der Waals surface area contributed by atoms with Crippen molar-refractivity contribution in [1.29, 1.82) is 0 Å². The van der Waals surface area contributed by atoms with Gasteiger partial charge in [0.2, 0.25) is 0 Å². The highest BCUT2D eigenvalue weighted by atomic mass is 32.2. The predicted molar refractivity (Wildman–Crippen MR) is 95.2 cm³/mol. The summed E-state index contributed by atoms with van der Waals surface area (Å²) in [4.78, 5) is 31.0. The first-order chi connectivity index (χ1) is 11.0. The minimum Gasteiger partial charge on any atom is -0.320 e. The Kier molecular flexibility index (Phi) is 5.98. The number of hydrogen-bond donors (Lipinski definition) is 2. The van der Waals surface area contributed by atoms with Crippen LogP contribution in [0.2, 0.25) is 0 Å². The molecule has 1 heterocycles. The molecule has 23 heavy (non-hydrogen) atoms. The number of carbonyl (C=O) groups is 1. The van der Waals surface area contributed by atoms with Crippen LogP contribution in [0, 0.1) is 0 Å². The lowest BCUT2D eigenvalue weighted by molar-refractivity contribution is 0.102. The van der Waals surface area contributed by atoms with E-state index in [1.807, 2.05) is 30.5 Å². The van der Waals surface area contributed by atoms with Gasteiger partial charge in [-0.3, -0.25) is 9.59 Å². The fourth-order valence-electron chi connectivity index (χ4n) is 2.28. The quantitative estimate of drug-likeness (QED) is 0.851. The molecular weight excluding hydrogens is 310 g/mol. The Morgan fingerprint density at radius 3 is 2.83 bits per heavy atom. The summed E-state index contributed by atoms with van der Waals surface area (Å²) in [7, 11) is 0. The smallest absolute Gasteiger partial charge is 0.274 e. The van der Waals surface area contributed by atoms with Gasteiger partial charge in [0.05, 0.1) is 5.75 Å². The maximum absolute atomic E-state index is 12.5. The third-order valence-corrected chi connectivity index (χ3v) is 4.22. The number of carbonyl (C=O) groups excluding carboxylic acids is 1. The Morgan fingerprint density at radius 1 is 1.39 bits per heavy atom. The zero-order chi connectivity index (χ0) is 16.8. The molecule has 0 aliphatic heterocycles. The van der Waals surface area contributed by atoms with E-state index in [1.54, 1.807) is 0 Å². The minimum atomic E-state index is -0.366. The molecule has 0 saturated carbocycles. The fourth-order valence-corrected chi connectivity index (χ4v) is 2.69. The molecule has 0 radical (unpaired) electrons. The van der Waals surface area contributed by atoms with Crippen LogP contribution in [0.15, 0.2) is 35.1 Å². The van der Waals surface area contributed by atoms with E-state index in [1.165, 1.54) is 17.8 Å². The average Bonchev–Trinajstić information content (AvgIpc) is 2.54. The van der Waals surface area contributed by atoms with Crippen molar-refractivity contribution in [2.45, 2.75) is 31.9 Å². The highest BCUT2D eigenvalue weighted by molar-refractivity contribution is 7.97. The highest BCUT2D eigenvalue weighted by Gasteiger charge is 2.14. The van der Waals surface area contributed by atoms with Crippen molar-refractivity contribution in [3.05, 3.63) is 57.8 Å². The standard InChI is InChI=1S/C17H21N3O2S/c1-4-11(2)12-7-5-6-8-13(12)19-17(22)14-9-16(21)20-15(18-14)10-23-3/h5-9,11H,4,10H2,1-3H3,(H,19,22)(H,18,20,21). The summed E-state index contributed by atoms with van der Waals surface area (Å²) in [5, 5.41) is 2.88. The summed E-state index contributed by atoms with van der Waals surface area (Å²) < 4.78 is 0. The van der Waals surface area contributed by atoms with E-state index in [4.69, 9.17) is 0 Å². The van der Waals surface area contributed by atoms with E-state index in [0.29, 0.717) is 17.5 Å². The Balaban J connectivity index is 2.28. The van der Waals surface area contributed by atoms with Crippen LogP contribution in [-0.4, -0.2) is 22.1 Å². The molecule has 0 aliphatic rings. The molecule has 0 aliphatic carbocycles. The summed E-state index contributed by atoms with van der Waals surface area (Å²) >= 11 is 1.53. The van der Waals surface area contributed by atoms with Gasteiger partial charge in [0.1, 0.15) is 11.5 Å². The van der Waals surface area contributed by atoms with Gasteiger partial charge in [-0.2, -0.15) is 11.8 Å². The van der Waals surface area contributed by atoms with Gasteiger partial charge in [-0.25, -0.2) is 4.98 Å². The fraction of sp³-hybridized carbons (Fsp3) is 0.353. The number of H-pyrrole nitrogens is 1. The molecule has 0 spiro atoms. The second-order valence-corrected chi connectivity index (χ2v) is 6.23. The first-order valence-electron chi connectivity index (χ1n) is 7.54. The lowest BCUT2D eigenvalue weighted by atomic mass is 9.97. The molecule has 122 valence electrons. The SMILES string of the molecule is CCC(C)c1ccccc1NC(=O)c1cc(=O)[nH]c(CSC)n1. The van der Waals surface area contributed by atoms with Crippen molar-refractivity contribution in [1.82, 2.24) is 9.97 Å². The van der Waals surface area contributed by atoms with Crippen LogP contribution in [0.25, 0.3) is 0 Å². The Morgan fingerprint density at radius 2 is 2.13 bits per heavy atom. The Bertz CT molecular complexity index is 743. The normalized spacial score (nSPS) is 12.0. The zero-order valence-corrected chi connectivity index (χ0v) is 14.4. The Hall–Kier alpha value is -2.08. The predicted octanol–water partition coefficient (Wildman–Crippen LogP) is 3.40.